The molecule has 0 unspecified atom stereocenters. The van der Waals surface area contributed by atoms with Crippen molar-refractivity contribution < 1.29 is 4.74 Å². The summed E-state index contributed by atoms with van der Waals surface area (Å²) in [5.74, 6) is 1.63. The number of hydrogen-bond acceptors (Lipinski definition) is 2. The molecule has 0 amide bonds. The maximum Gasteiger partial charge on any atom is 0.133 e. The summed E-state index contributed by atoms with van der Waals surface area (Å²) in [6, 6.07) is 7.20. The Bertz CT molecular complexity index is 401. The maximum atomic E-state index is 5.27. The van der Waals surface area contributed by atoms with E-state index >= 15 is 0 Å². The summed E-state index contributed by atoms with van der Waals surface area (Å²) < 4.78 is 6.31. The lowest BCUT2D eigenvalue weighted by molar-refractivity contribution is 0.226. The van der Waals surface area contributed by atoms with Crippen LogP contribution >= 0.6 is 15.9 Å². The Kier molecular flexibility index (Phi) is 4.68. The summed E-state index contributed by atoms with van der Waals surface area (Å²) in [5, 5.41) is 0. The van der Waals surface area contributed by atoms with Crippen LogP contribution in [0, 0.1) is 5.92 Å². The summed E-state index contributed by atoms with van der Waals surface area (Å²) in [5.41, 5.74) is 1.36. The van der Waals surface area contributed by atoms with Crippen LogP contribution in [0.3, 0.4) is 0 Å². The molecule has 0 aromatic heterocycles. The van der Waals surface area contributed by atoms with Crippen LogP contribution in [0.15, 0.2) is 22.7 Å². The second kappa shape index (κ2) is 6.07. The van der Waals surface area contributed by atoms with E-state index in [-0.39, 0.29) is 0 Å². The fourth-order valence-corrected chi connectivity index (χ4v) is 2.88. The number of nitrogens with zero attached hydrogens (tertiary/aromatic N) is 1. The van der Waals surface area contributed by atoms with E-state index in [1.165, 1.54) is 24.9 Å². The van der Waals surface area contributed by atoms with Crippen LogP contribution in [0.4, 0.5) is 0 Å². The van der Waals surface area contributed by atoms with Gasteiger partial charge in [0.2, 0.25) is 0 Å². The van der Waals surface area contributed by atoms with Gasteiger partial charge in [-0.1, -0.05) is 19.9 Å². The van der Waals surface area contributed by atoms with Gasteiger partial charge < -0.3 is 4.74 Å². The fraction of sp³-hybridized carbons (Fsp3) is 0.600. The average molecular weight is 312 g/mol. The quantitative estimate of drug-likeness (QED) is 0.785. The molecule has 0 N–H and O–H groups in total. The van der Waals surface area contributed by atoms with Crippen LogP contribution in [0.5, 0.6) is 5.75 Å². The van der Waals surface area contributed by atoms with Gasteiger partial charge in [0.15, 0.2) is 0 Å². The molecule has 1 aliphatic rings. The first-order valence-electron chi connectivity index (χ1n) is 6.66. The largest absolute Gasteiger partial charge is 0.496 e. The number of methoxy groups -OCH3 is 1. The number of hydrogen-bond donors (Lipinski definition) is 0. The van der Waals surface area contributed by atoms with E-state index < -0.39 is 0 Å². The molecule has 0 spiro atoms. The van der Waals surface area contributed by atoms with Crippen molar-refractivity contribution in [1.29, 1.82) is 0 Å². The number of rotatable bonds is 6. The summed E-state index contributed by atoms with van der Waals surface area (Å²) in [4.78, 5) is 2.61. The highest BCUT2D eigenvalue weighted by molar-refractivity contribution is 9.10. The average Bonchev–Trinajstić information content (AvgIpc) is 3.11. The molecule has 1 aromatic rings. The lowest BCUT2D eigenvalue weighted by Gasteiger charge is -2.24. The molecule has 2 nitrogen and oxygen atoms in total. The van der Waals surface area contributed by atoms with E-state index in [0.29, 0.717) is 0 Å². The highest BCUT2D eigenvalue weighted by atomic mass is 79.9. The van der Waals surface area contributed by atoms with E-state index in [0.717, 1.165) is 28.7 Å². The number of halogens is 1. The third-order valence-electron chi connectivity index (χ3n) is 3.26. The van der Waals surface area contributed by atoms with Crippen LogP contribution < -0.4 is 4.74 Å². The highest BCUT2D eigenvalue weighted by Crippen LogP contribution is 2.31. The van der Waals surface area contributed by atoms with E-state index in [2.05, 4.69) is 46.8 Å². The van der Waals surface area contributed by atoms with Crippen LogP contribution in [-0.2, 0) is 6.54 Å². The lowest BCUT2D eigenvalue weighted by Crippen LogP contribution is -2.29. The number of ether oxygens (including phenoxy) is 1. The smallest absolute Gasteiger partial charge is 0.133 e. The van der Waals surface area contributed by atoms with Gasteiger partial charge in [0, 0.05) is 19.1 Å². The van der Waals surface area contributed by atoms with Gasteiger partial charge >= 0.3 is 0 Å². The molecule has 3 heteroatoms. The topological polar surface area (TPSA) is 12.5 Å². The minimum atomic E-state index is 0.729. The Balaban J connectivity index is 2.04. The van der Waals surface area contributed by atoms with Crippen molar-refractivity contribution in [2.24, 2.45) is 5.92 Å². The van der Waals surface area contributed by atoms with E-state index in [1.54, 1.807) is 7.11 Å². The van der Waals surface area contributed by atoms with Crippen molar-refractivity contribution >= 4 is 15.9 Å². The predicted octanol–water partition coefficient (Wildman–Crippen LogP) is 4.08. The van der Waals surface area contributed by atoms with Crippen molar-refractivity contribution in [2.45, 2.75) is 39.3 Å². The first-order valence-corrected chi connectivity index (χ1v) is 7.46. The van der Waals surface area contributed by atoms with Gasteiger partial charge in [-0.05, 0) is 52.4 Å². The van der Waals surface area contributed by atoms with Crippen molar-refractivity contribution in [2.75, 3.05) is 13.7 Å². The Morgan fingerprint density at radius 2 is 2.11 bits per heavy atom. The molecule has 2 rings (SSSR count). The zero-order chi connectivity index (χ0) is 13.1. The maximum absolute atomic E-state index is 5.27. The summed E-state index contributed by atoms with van der Waals surface area (Å²) in [6.07, 6.45) is 2.73. The van der Waals surface area contributed by atoms with Gasteiger partial charge in [-0.25, -0.2) is 0 Å². The van der Waals surface area contributed by atoms with E-state index in [4.69, 9.17) is 4.74 Å². The SMILES string of the molecule is COc1ccc(CN(CC(C)C)C2CC2)cc1Br. The molecule has 18 heavy (non-hydrogen) atoms. The van der Waals surface area contributed by atoms with Crippen molar-refractivity contribution in [3.63, 3.8) is 0 Å². The van der Waals surface area contributed by atoms with Gasteiger partial charge in [0.25, 0.3) is 0 Å². The van der Waals surface area contributed by atoms with Crippen molar-refractivity contribution in [3.05, 3.63) is 28.2 Å². The standard InChI is InChI=1S/C15H22BrNO/c1-11(2)9-17(13-5-6-13)10-12-4-7-15(18-3)14(16)8-12/h4,7-8,11,13H,5-6,9-10H2,1-3H3. The van der Waals surface area contributed by atoms with E-state index in [1.807, 2.05) is 6.07 Å². The molecule has 0 heterocycles. The zero-order valence-electron chi connectivity index (χ0n) is 11.4. The van der Waals surface area contributed by atoms with Gasteiger partial charge in [0.05, 0.1) is 11.6 Å². The molecule has 0 aliphatic heterocycles. The summed E-state index contributed by atoms with van der Waals surface area (Å²) >= 11 is 3.56. The summed E-state index contributed by atoms with van der Waals surface area (Å²) in [6.45, 7) is 6.82. The molecular weight excluding hydrogens is 290 g/mol. The minimum Gasteiger partial charge on any atom is -0.496 e. The number of benzene rings is 1. The molecule has 1 aliphatic carbocycles. The third kappa shape index (κ3) is 3.72. The molecule has 0 radical (unpaired) electrons. The molecule has 1 aromatic carbocycles. The molecule has 1 saturated carbocycles. The Labute approximate surface area is 118 Å². The second-order valence-corrected chi connectivity index (χ2v) is 6.38. The Morgan fingerprint density at radius 3 is 2.61 bits per heavy atom. The summed E-state index contributed by atoms with van der Waals surface area (Å²) in [7, 11) is 1.70. The van der Waals surface area contributed by atoms with Crippen molar-refractivity contribution in [1.82, 2.24) is 4.90 Å². The molecular formula is C15H22BrNO. The molecule has 0 bridgehead atoms. The first-order chi connectivity index (χ1) is 8.60. The first kappa shape index (κ1) is 13.9. The second-order valence-electron chi connectivity index (χ2n) is 5.52. The minimum absolute atomic E-state index is 0.729. The Morgan fingerprint density at radius 1 is 1.39 bits per heavy atom. The van der Waals surface area contributed by atoms with Crippen molar-refractivity contribution in [3.8, 4) is 5.75 Å². The van der Waals surface area contributed by atoms with Crippen LogP contribution in [0.1, 0.15) is 32.3 Å². The van der Waals surface area contributed by atoms with Crippen LogP contribution in [0.25, 0.3) is 0 Å². The van der Waals surface area contributed by atoms with Crippen LogP contribution in [-0.4, -0.2) is 24.6 Å². The Hall–Kier alpha value is -0.540. The normalized spacial score (nSPS) is 15.4. The zero-order valence-corrected chi connectivity index (χ0v) is 13.0. The van der Waals surface area contributed by atoms with Gasteiger partial charge in [-0.3, -0.25) is 4.90 Å². The third-order valence-corrected chi connectivity index (χ3v) is 3.88. The molecule has 0 atom stereocenters. The molecule has 1 fully saturated rings. The fourth-order valence-electron chi connectivity index (χ4n) is 2.29. The molecule has 100 valence electrons. The predicted molar refractivity (Wildman–Crippen MR) is 79.0 cm³/mol. The van der Waals surface area contributed by atoms with Crippen LogP contribution in [0.2, 0.25) is 0 Å². The monoisotopic (exact) mass is 311 g/mol. The molecule has 0 saturated heterocycles. The lowest BCUT2D eigenvalue weighted by atomic mass is 10.1. The van der Waals surface area contributed by atoms with E-state index in [9.17, 15) is 0 Å². The van der Waals surface area contributed by atoms with Gasteiger partial charge in [-0.2, -0.15) is 0 Å². The van der Waals surface area contributed by atoms with Gasteiger partial charge in [0.1, 0.15) is 5.75 Å². The highest BCUT2D eigenvalue weighted by Gasteiger charge is 2.29. The van der Waals surface area contributed by atoms with Gasteiger partial charge in [-0.15, -0.1) is 0 Å².